The van der Waals surface area contributed by atoms with Gasteiger partial charge in [-0.25, -0.2) is 0 Å². The normalized spacial score (nSPS) is 29.3. The molecule has 2 aliphatic rings. The molecule has 76 valence electrons. The van der Waals surface area contributed by atoms with Crippen molar-refractivity contribution < 1.29 is 0 Å². The van der Waals surface area contributed by atoms with E-state index in [4.69, 9.17) is 0 Å². The van der Waals surface area contributed by atoms with E-state index in [0.717, 1.165) is 0 Å². The Labute approximate surface area is 81.7 Å². The zero-order valence-electron chi connectivity index (χ0n) is 8.81. The number of hydrogen-bond donors (Lipinski definition) is 1. The fraction of sp³-hybridized carbons (Fsp3) is 1.00. The van der Waals surface area contributed by atoms with Crippen LogP contribution in [0, 0.1) is 0 Å². The monoisotopic (exact) mass is 182 g/mol. The average molecular weight is 182 g/mol. The van der Waals surface area contributed by atoms with E-state index in [1.54, 1.807) is 0 Å². The van der Waals surface area contributed by atoms with Crippen LogP contribution >= 0.6 is 0 Å². The Morgan fingerprint density at radius 3 is 2.31 bits per heavy atom. The van der Waals surface area contributed by atoms with Gasteiger partial charge < -0.3 is 5.32 Å². The predicted octanol–water partition coefficient (Wildman–Crippen LogP) is 1.61. The van der Waals surface area contributed by atoms with E-state index < -0.39 is 0 Å². The van der Waals surface area contributed by atoms with E-state index in [1.807, 2.05) is 0 Å². The van der Waals surface area contributed by atoms with Crippen LogP contribution in [0.25, 0.3) is 0 Å². The van der Waals surface area contributed by atoms with E-state index in [1.165, 1.54) is 58.3 Å². The summed E-state index contributed by atoms with van der Waals surface area (Å²) in [6.07, 6.45) is 6.92. The molecule has 2 heterocycles. The lowest BCUT2D eigenvalue weighted by Gasteiger charge is -2.44. The topological polar surface area (TPSA) is 15.3 Å². The summed E-state index contributed by atoms with van der Waals surface area (Å²) in [7, 11) is 0. The molecule has 2 rings (SSSR count). The lowest BCUT2D eigenvalue weighted by atomic mass is 9.84. The molecule has 2 saturated heterocycles. The minimum Gasteiger partial charge on any atom is -0.317 e. The number of likely N-dealkylation sites (tertiary alicyclic amines) is 1. The van der Waals surface area contributed by atoms with Gasteiger partial charge in [-0.15, -0.1) is 0 Å². The van der Waals surface area contributed by atoms with Gasteiger partial charge in [0.05, 0.1) is 0 Å². The molecular formula is C11H22N2. The van der Waals surface area contributed by atoms with E-state index in [2.05, 4.69) is 17.1 Å². The summed E-state index contributed by atoms with van der Waals surface area (Å²) in [6.45, 7) is 7.53. The van der Waals surface area contributed by atoms with Gasteiger partial charge in [0.2, 0.25) is 0 Å². The Morgan fingerprint density at radius 1 is 1.15 bits per heavy atom. The molecule has 0 saturated carbocycles. The largest absolute Gasteiger partial charge is 0.317 e. The van der Waals surface area contributed by atoms with Crippen LogP contribution in [0.2, 0.25) is 0 Å². The standard InChI is InChI=1S/C11H22N2/c1-2-11(5-7-12-8-6-11)13-9-3-4-10-13/h12H,2-10H2,1H3. The van der Waals surface area contributed by atoms with Crippen LogP contribution in [0.5, 0.6) is 0 Å². The average Bonchev–Trinajstić information content (AvgIpc) is 2.72. The summed E-state index contributed by atoms with van der Waals surface area (Å²) >= 11 is 0. The molecule has 0 spiro atoms. The van der Waals surface area contributed by atoms with Gasteiger partial charge in [-0.3, -0.25) is 4.90 Å². The van der Waals surface area contributed by atoms with Gasteiger partial charge in [0.15, 0.2) is 0 Å². The summed E-state index contributed by atoms with van der Waals surface area (Å²) in [5.41, 5.74) is 0.571. The third kappa shape index (κ3) is 1.75. The van der Waals surface area contributed by atoms with Crippen molar-refractivity contribution in [3.8, 4) is 0 Å². The molecule has 2 heteroatoms. The lowest BCUT2D eigenvalue weighted by Crippen LogP contribution is -2.53. The van der Waals surface area contributed by atoms with Crippen molar-refractivity contribution in [2.24, 2.45) is 0 Å². The molecule has 0 unspecified atom stereocenters. The molecule has 2 fully saturated rings. The number of nitrogens with zero attached hydrogens (tertiary/aromatic N) is 1. The van der Waals surface area contributed by atoms with Crippen molar-refractivity contribution in [3.63, 3.8) is 0 Å². The second-order valence-corrected chi connectivity index (χ2v) is 4.52. The summed E-state index contributed by atoms with van der Waals surface area (Å²) in [5.74, 6) is 0. The molecule has 0 atom stereocenters. The first-order valence-corrected chi connectivity index (χ1v) is 5.83. The van der Waals surface area contributed by atoms with Gasteiger partial charge in [-0.1, -0.05) is 6.92 Å². The predicted molar refractivity (Wildman–Crippen MR) is 55.9 cm³/mol. The Morgan fingerprint density at radius 2 is 1.77 bits per heavy atom. The van der Waals surface area contributed by atoms with Gasteiger partial charge in [0, 0.05) is 5.54 Å². The zero-order chi connectivity index (χ0) is 9.15. The first kappa shape index (κ1) is 9.47. The van der Waals surface area contributed by atoms with Crippen LogP contribution in [-0.4, -0.2) is 36.6 Å². The SMILES string of the molecule is CCC1(N2CCCC2)CCNCC1. The molecule has 0 radical (unpaired) electrons. The highest BCUT2D eigenvalue weighted by molar-refractivity contribution is 4.95. The van der Waals surface area contributed by atoms with Crippen LogP contribution in [0.4, 0.5) is 0 Å². The van der Waals surface area contributed by atoms with E-state index >= 15 is 0 Å². The molecule has 2 aliphatic heterocycles. The van der Waals surface area contributed by atoms with E-state index in [0.29, 0.717) is 5.54 Å². The molecule has 0 aromatic rings. The highest BCUT2D eigenvalue weighted by Gasteiger charge is 2.37. The molecular weight excluding hydrogens is 160 g/mol. The zero-order valence-corrected chi connectivity index (χ0v) is 8.81. The molecule has 0 amide bonds. The fourth-order valence-electron chi connectivity index (χ4n) is 2.98. The molecule has 0 aromatic carbocycles. The third-order valence-corrected chi connectivity index (χ3v) is 3.97. The van der Waals surface area contributed by atoms with Crippen LogP contribution in [-0.2, 0) is 0 Å². The summed E-state index contributed by atoms with van der Waals surface area (Å²) < 4.78 is 0. The molecule has 2 nitrogen and oxygen atoms in total. The van der Waals surface area contributed by atoms with Crippen molar-refractivity contribution in [1.82, 2.24) is 10.2 Å². The quantitative estimate of drug-likeness (QED) is 0.698. The van der Waals surface area contributed by atoms with Gasteiger partial charge in [0.25, 0.3) is 0 Å². The van der Waals surface area contributed by atoms with Gasteiger partial charge in [-0.05, 0) is 58.3 Å². The summed E-state index contributed by atoms with van der Waals surface area (Å²) in [5, 5.41) is 3.47. The van der Waals surface area contributed by atoms with Gasteiger partial charge in [-0.2, -0.15) is 0 Å². The Bertz CT molecular complexity index is 155. The van der Waals surface area contributed by atoms with Crippen molar-refractivity contribution in [3.05, 3.63) is 0 Å². The first-order valence-electron chi connectivity index (χ1n) is 5.83. The van der Waals surface area contributed by atoms with Gasteiger partial charge >= 0.3 is 0 Å². The Balaban J connectivity index is 2.03. The minimum absolute atomic E-state index is 0.571. The number of nitrogens with one attached hydrogen (secondary N) is 1. The Hall–Kier alpha value is -0.0800. The highest BCUT2D eigenvalue weighted by atomic mass is 15.2. The molecule has 0 aromatic heterocycles. The maximum absolute atomic E-state index is 3.47. The van der Waals surface area contributed by atoms with Crippen LogP contribution < -0.4 is 5.32 Å². The highest BCUT2D eigenvalue weighted by Crippen LogP contribution is 2.32. The lowest BCUT2D eigenvalue weighted by molar-refractivity contribution is 0.0758. The molecule has 1 N–H and O–H groups in total. The molecule has 0 aliphatic carbocycles. The second kappa shape index (κ2) is 3.97. The first-order chi connectivity index (χ1) is 6.37. The van der Waals surface area contributed by atoms with E-state index in [9.17, 15) is 0 Å². The van der Waals surface area contributed by atoms with Crippen molar-refractivity contribution in [1.29, 1.82) is 0 Å². The Kier molecular flexibility index (Phi) is 2.89. The van der Waals surface area contributed by atoms with Gasteiger partial charge in [0.1, 0.15) is 0 Å². The van der Waals surface area contributed by atoms with E-state index in [-0.39, 0.29) is 0 Å². The maximum Gasteiger partial charge on any atom is 0.0231 e. The number of piperidine rings is 1. The summed E-state index contributed by atoms with van der Waals surface area (Å²) in [4.78, 5) is 2.76. The van der Waals surface area contributed by atoms with Crippen molar-refractivity contribution in [2.45, 2.75) is 44.6 Å². The van der Waals surface area contributed by atoms with Crippen LogP contribution in [0.15, 0.2) is 0 Å². The molecule has 0 bridgehead atoms. The number of hydrogen-bond acceptors (Lipinski definition) is 2. The minimum atomic E-state index is 0.571. The van der Waals surface area contributed by atoms with Crippen LogP contribution in [0.3, 0.4) is 0 Å². The number of rotatable bonds is 2. The molecule has 13 heavy (non-hydrogen) atoms. The third-order valence-electron chi connectivity index (χ3n) is 3.97. The fourth-order valence-corrected chi connectivity index (χ4v) is 2.98. The maximum atomic E-state index is 3.47. The second-order valence-electron chi connectivity index (χ2n) is 4.52. The van der Waals surface area contributed by atoms with Crippen molar-refractivity contribution >= 4 is 0 Å². The van der Waals surface area contributed by atoms with Crippen molar-refractivity contribution in [2.75, 3.05) is 26.2 Å². The van der Waals surface area contributed by atoms with Crippen LogP contribution in [0.1, 0.15) is 39.0 Å². The summed E-state index contributed by atoms with van der Waals surface area (Å²) in [6, 6.07) is 0. The smallest absolute Gasteiger partial charge is 0.0231 e.